The molecule has 0 amide bonds. The zero-order valence-electron chi connectivity index (χ0n) is 23.0. The van der Waals surface area contributed by atoms with Crippen LogP contribution in [0.4, 0.5) is 19.1 Å². The van der Waals surface area contributed by atoms with Gasteiger partial charge in [-0.15, -0.1) is 5.10 Å². The number of hydrogen-bond acceptors (Lipinski definition) is 7. The minimum atomic E-state index is -1.47. The fourth-order valence-corrected chi connectivity index (χ4v) is 6.12. The highest BCUT2D eigenvalue weighted by Crippen LogP contribution is 2.37. The normalized spacial score (nSPS) is 22.2. The summed E-state index contributed by atoms with van der Waals surface area (Å²) in [6.07, 6.45) is 2.95. The Morgan fingerprint density at radius 1 is 1.25 bits per heavy atom. The number of imidazole rings is 1. The number of piperidine rings is 1. The van der Waals surface area contributed by atoms with Crippen LogP contribution in [0.15, 0.2) is 24.4 Å². The Morgan fingerprint density at radius 3 is 2.77 bits per heavy atom. The highest BCUT2D eigenvalue weighted by Gasteiger charge is 2.46. The Bertz CT molecular complexity index is 1540. The molecule has 12 heteroatoms. The maximum absolute atomic E-state index is 16.4. The Kier molecular flexibility index (Phi) is 7.07. The number of benzene rings is 1. The number of nitrogens with zero attached hydrogens (tertiary/aromatic N) is 6. The van der Waals surface area contributed by atoms with Gasteiger partial charge in [-0.25, -0.2) is 22.7 Å². The topological polar surface area (TPSA) is 81.7 Å². The van der Waals surface area contributed by atoms with Crippen molar-refractivity contribution >= 4 is 22.5 Å². The van der Waals surface area contributed by atoms with Crippen molar-refractivity contribution in [1.29, 1.82) is 0 Å². The molecule has 2 fully saturated rings. The number of likely N-dealkylation sites (tertiary alicyclic amines) is 1. The average Bonchev–Trinajstić information content (AvgIpc) is 3.39. The summed E-state index contributed by atoms with van der Waals surface area (Å²) in [5.41, 5.74) is 1.10. The number of anilines is 1. The Labute approximate surface area is 230 Å². The largest absolute Gasteiger partial charge is 0.479 e. The smallest absolute Gasteiger partial charge is 0.244 e. The fraction of sp³-hybridized carbons (Fsp3) is 0.536. The summed E-state index contributed by atoms with van der Waals surface area (Å²) in [5, 5.41) is 7.72. The van der Waals surface area contributed by atoms with Crippen LogP contribution in [0.1, 0.15) is 32.0 Å². The van der Waals surface area contributed by atoms with E-state index in [1.807, 2.05) is 13.8 Å². The zero-order valence-corrected chi connectivity index (χ0v) is 23.0. The van der Waals surface area contributed by atoms with Crippen LogP contribution in [0.25, 0.3) is 27.7 Å². The van der Waals surface area contributed by atoms with Gasteiger partial charge in [0.25, 0.3) is 0 Å². The fourth-order valence-electron chi connectivity index (χ4n) is 6.12. The second-order valence-electron chi connectivity index (χ2n) is 10.7. The number of ether oxygens (including phenoxy) is 2. The van der Waals surface area contributed by atoms with Gasteiger partial charge in [-0.2, -0.15) is 4.98 Å². The number of aromatic nitrogens is 5. The van der Waals surface area contributed by atoms with Crippen LogP contribution in [0.5, 0.6) is 5.88 Å². The van der Waals surface area contributed by atoms with Crippen LogP contribution in [0.3, 0.4) is 0 Å². The van der Waals surface area contributed by atoms with E-state index in [0.29, 0.717) is 67.0 Å². The quantitative estimate of drug-likeness (QED) is 0.323. The standard InChI is InChI=1S/C28H34F3N7O2/c1-4-8-28(31)16-36(19-14-40-15-19)10-7-23(28)33-27-34-26(39-3)25-24(20(30)13-38(25)35-27)18-5-6-21-22(12-18)37(11-9-29)17(2)32-21/h5-6,12-13,19,23H,4,7-11,14-16H2,1-3H3,(H,33,35)/t23-,28+/m1/s1. The molecule has 1 aromatic carbocycles. The lowest BCUT2D eigenvalue weighted by molar-refractivity contribution is -0.0968. The van der Waals surface area contributed by atoms with Gasteiger partial charge in [0.2, 0.25) is 11.8 Å². The zero-order chi connectivity index (χ0) is 28.0. The molecule has 0 spiro atoms. The SMILES string of the molecule is CCC[C@]1(F)CN(C2COC2)CC[C@H]1Nc1nc(OC)c2c(-c3ccc4nc(C)n(CCF)c4c3)c(F)cn2n1. The number of hydrogen-bond donors (Lipinski definition) is 1. The Hall–Kier alpha value is -3.38. The molecule has 0 bridgehead atoms. The lowest BCUT2D eigenvalue weighted by Gasteiger charge is -2.48. The highest BCUT2D eigenvalue weighted by atomic mass is 19.1. The van der Waals surface area contributed by atoms with E-state index in [-0.39, 0.29) is 30.0 Å². The molecule has 3 aromatic heterocycles. The maximum Gasteiger partial charge on any atom is 0.244 e. The van der Waals surface area contributed by atoms with Gasteiger partial charge in [-0.1, -0.05) is 19.4 Å². The molecule has 214 valence electrons. The van der Waals surface area contributed by atoms with Crippen molar-refractivity contribution in [3.05, 3.63) is 36.0 Å². The number of halogens is 3. The average molecular weight is 558 g/mol. The molecule has 1 N–H and O–H groups in total. The highest BCUT2D eigenvalue weighted by molar-refractivity contribution is 5.90. The number of aryl methyl sites for hydroxylation is 2. The lowest BCUT2D eigenvalue weighted by atomic mass is 9.84. The van der Waals surface area contributed by atoms with Gasteiger partial charge in [-0.3, -0.25) is 4.90 Å². The van der Waals surface area contributed by atoms with Crippen molar-refractivity contribution in [2.45, 2.75) is 57.4 Å². The molecular weight excluding hydrogens is 523 g/mol. The van der Waals surface area contributed by atoms with Gasteiger partial charge < -0.3 is 19.4 Å². The van der Waals surface area contributed by atoms with E-state index in [1.165, 1.54) is 17.8 Å². The monoisotopic (exact) mass is 557 g/mol. The third-order valence-electron chi connectivity index (χ3n) is 8.18. The molecule has 2 atom stereocenters. The minimum absolute atomic E-state index is 0.160. The third kappa shape index (κ3) is 4.56. The molecule has 9 nitrogen and oxygen atoms in total. The Morgan fingerprint density at radius 2 is 2.08 bits per heavy atom. The van der Waals surface area contributed by atoms with Crippen molar-refractivity contribution in [2.75, 3.05) is 45.4 Å². The number of alkyl halides is 2. The number of methoxy groups -OCH3 is 1. The third-order valence-corrected chi connectivity index (χ3v) is 8.18. The van der Waals surface area contributed by atoms with Crippen molar-refractivity contribution in [3.8, 4) is 17.0 Å². The van der Waals surface area contributed by atoms with E-state index < -0.39 is 24.2 Å². The van der Waals surface area contributed by atoms with Gasteiger partial charge in [0.05, 0.1) is 61.7 Å². The van der Waals surface area contributed by atoms with E-state index in [0.717, 1.165) is 6.54 Å². The van der Waals surface area contributed by atoms with Gasteiger partial charge in [0.1, 0.15) is 23.7 Å². The first-order valence-corrected chi connectivity index (χ1v) is 13.8. The van der Waals surface area contributed by atoms with Crippen LogP contribution < -0.4 is 10.1 Å². The molecule has 40 heavy (non-hydrogen) atoms. The van der Waals surface area contributed by atoms with E-state index in [9.17, 15) is 4.39 Å². The lowest BCUT2D eigenvalue weighted by Crippen LogP contribution is -2.62. The maximum atomic E-state index is 16.4. The van der Waals surface area contributed by atoms with E-state index in [2.05, 4.69) is 25.3 Å². The first-order chi connectivity index (χ1) is 19.3. The van der Waals surface area contributed by atoms with Crippen LogP contribution in [0.2, 0.25) is 0 Å². The van der Waals surface area contributed by atoms with Crippen LogP contribution in [-0.4, -0.2) is 86.9 Å². The summed E-state index contributed by atoms with van der Waals surface area (Å²) in [4.78, 5) is 11.2. The molecule has 5 heterocycles. The molecule has 4 aromatic rings. The summed E-state index contributed by atoms with van der Waals surface area (Å²) in [5.74, 6) is 0.497. The molecule has 2 aliphatic heterocycles. The van der Waals surface area contributed by atoms with Gasteiger partial charge in [0.15, 0.2) is 5.82 Å². The van der Waals surface area contributed by atoms with Gasteiger partial charge >= 0.3 is 0 Å². The molecule has 0 unspecified atom stereocenters. The number of nitrogens with one attached hydrogen (secondary N) is 1. The second-order valence-corrected chi connectivity index (χ2v) is 10.7. The predicted molar refractivity (Wildman–Crippen MR) is 146 cm³/mol. The minimum Gasteiger partial charge on any atom is -0.479 e. The van der Waals surface area contributed by atoms with E-state index >= 15 is 8.78 Å². The number of fused-ring (bicyclic) bond motifs is 2. The first-order valence-electron chi connectivity index (χ1n) is 13.8. The van der Waals surface area contributed by atoms with Crippen LogP contribution in [0, 0.1) is 12.7 Å². The molecule has 2 saturated heterocycles. The first kappa shape index (κ1) is 26.8. The summed E-state index contributed by atoms with van der Waals surface area (Å²) in [7, 11) is 1.46. The molecule has 0 saturated carbocycles. The van der Waals surface area contributed by atoms with Crippen molar-refractivity contribution in [1.82, 2.24) is 29.0 Å². The van der Waals surface area contributed by atoms with Gasteiger partial charge in [0, 0.05) is 13.1 Å². The second kappa shape index (κ2) is 10.5. The molecule has 0 aliphatic carbocycles. The van der Waals surface area contributed by atoms with E-state index in [4.69, 9.17) is 9.47 Å². The summed E-state index contributed by atoms with van der Waals surface area (Å²) in [6, 6.07) is 5.10. The Balaban J connectivity index is 1.35. The molecule has 6 rings (SSSR count). The van der Waals surface area contributed by atoms with Crippen LogP contribution in [-0.2, 0) is 11.3 Å². The molecule has 2 aliphatic rings. The van der Waals surface area contributed by atoms with Crippen molar-refractivity contribution in [2.24, 2.45) is 0 Å². The molecular formula is C28H34F3N7O2. The summed E-state index contributed by atoms with van der Waals surface area (Å²) < 4.78 is 59.1. The predicted octanol–water partition coefficient (Wildman–Crippen LogP) is 4.57. The van der Waals surface area contributed by atoms with Crippen molar-refractivity contribution in [3.63, 3.8) is 0 Å². The summed E-state index contributed by atoms with van der Waals surface area (Å²) in [6.45, 7) is 5.75. The van der Waals surface area contributed by atoms with Gasteiger partial charge in [-0.05, 0) is 37.5 Å². The van der Waals surface area contributed by atoms with E-state index in [1.54, 1.807) is 22.8 Å². The molecule has 0 radical (unpaired) electrons. The van der Waals surface area contributed by atoms with Crippen molar-refractivity contribution < 1.29 is 22.6 Å². The number of rotatable bonds is 9. The summed E-state index contributed by atoms with van der Waals surface area (Å²) >= 11 is 0. The van der Waals surface area contributed by atoms with Crippen LogP contribution >= 0.6 is 0 Å².